The van der Waals surface area contributed by atoms with Crippen LogP contribution >= 0.6 is 0 Å². The molecule has 1 N–H and O–H groups in total. The molecule has 31 heavy (non-hydrogen) atoms. The van der Waals surface area contributed by atoms with Gasteiger partial charge in [-0.1, -0.05) is 36.4 Å². The number of rotatable bonds is 5. The first-order valence-corrected chi connectivity index (χ1v) is 11.0. The second-order valence-electron chi connectivity index (χ2n) is 8.46. The lowest BCUT2D eigenvalue weighted by molar-refractivity contribution is -0.158. The van der Waals surface area contributed by atoms with Gasteiger partial charge in [-0.15, -0.1) is 0 Å². The van der Waals surface area contributed by atoms with Crippen molar-refractivity contribution in [2.75, 3.05) is 26.8 Å². The number of carbonyl (C=O) groups is 1. The van der Waals surface area contributed by atoms with Gasteiger partial charge in [0.05, 0.1) is 19.3 Å². The fraction of sp³-hybridized carbons (Fsp3) is 0.400. The SMILES string of the molecule is COc1ccccc1CN1CC[C@@H]2OCC(=O)N(Cc3c[nH]c4ccccc34)[C@H]2CC1. The third-order valence-corrected chi connectivity index (χ3v) is 6.64. The van der Waals surface area contributed by atoms with E-state index in [1.54, 1.807) is 7.11 Å². The predicted molar refractivity (Wildman–Crippen MR) is 120 cm³/mol. The van der Waals surface area contributed by atoms with Crippen molar-refractivity contribution in [3.63, 3.8) is 0 Å². The molecule has 0 saturated carbocycles. The minimum Gasteiger partial charge on any atom is -0.496 e. The number of para-hydroxylation sites is 2. The van der Waals surface area contributed by atoms with E-state index in [0.717, 1.165) is 43.7 Å². The van der Waals surface area contributed by atoms with Gasteiger partial charge in [-0.05, 0) is 30.5 Å². The predicted octanol–water partition coefficient (Wildman–Crippen LogP) is 3.57. The Morgan fingerprint density at radius 1 is 1.03 bits per heavy atom. The van der Waals surface area contributed by atoms with Crippen LogP contribution in [0.3, 0.4) is 0 Å². The van der Waals surface area contributed by atoms with Crippen molar-refractivity contribution in [1.82, 2.24) is 14.8 Å². The Labute approximate surface area is 182 Å². The van der Waals surface area contributed by atoms with Crippen LogP contribution in [0, 0.1) is 0 Å². The molecule has 0 radical (unpaired) electrons. The van der Waals surface area contributed by atoms with Crippen molar-refractivity contribution in [2.45, 2.75) is 38.1 Å². The summed E-state index contributed by atoms with van der Waals surface area (Å²) in [6.45, 7) is 3.53. The van der Waals surface area contributed by atoms with E-state index in [-0.39, 0.29) is 24.7 Å². The standard InChI is InChI=1S/C25H29N3O3/c1-30-23-9-5-2-6-18(23)15-27-12-10-22-24(11-13-27)31-17-25(29)28(22)16-19-14-26-21-8-4-3-7-20(19)21/h2-9,14,22,24,26H,10-13,15-17H2,1H3/t22-,24-/m0/s1. The number of nitrogens with one attached hydrogen (secondary N) is 1. The van der Waals surface area contributed by atoms with E-state index in [1.165, 1.54) is 16.5 Å². The van der Waals surface area contributed by atoms with Gasteiger partial charge in [0.1, 0.15) is 12.4 Å². The van der Waals surface area contributed by atoms with Gasteiger partial charge in [-0.25, -0.2) is 0 Å². The van der Waals surface area contributed by atoms with Crippen LogP contribution in [0.25, 0.3) is 10.9 Å². The first-order chi connectivity index (χ1) is 15.2. The fourth-order valence-corrected chi connectivity index (χ4v) is 5.00. The molecule has 0 aliphatic carbocycles. The molecule has 1 aromatic heterocycles. The first kappa shape index (κ1) is 20.1. The maximum absolute atomic E-state index is 12.8. The normalized spacial score (nSPS) is 22.4. The lowest BCUT2D eigenvalue weighted by Crippen LogP contribution is -2.53. The largest absolute Gasteiger partial charge is 0.496 e. The van der Waals surface area contributed by atoms with E-state index >= 15 is 0 Å². The Hall–Kier alpha value is -2.83. The summed E-state index contributed by atoms with van der Waals surface area (Å²) >= 11 is 0. The maximum Gasteiger partial charge on any atom is 0.249 e. The second kappa shape index (κ2) is 8.73. The second-order valence-corrected chi connectivity index (χ2v) is 8.46. The molecule has 2 saturated heterocycles. The van der Waals surface area contributed by atoms with Crippen molar-refractivity contribution in [1.29, 1.82) is 0 Å². The highest BCUT2D eigenvalue weighted by atomic mass is 16.5. The van der Waals surface area contributed by atoms with Gasteiger partial charge in [0, 0.05) is 48.8 Å². The molecular weight excluding hydrogens is 390 g/mol. The molecule has 0 spiro atoms. The van der Waals surface area contributed by atoms with Crippen LogP contribution in [0.4, 0.5) is 0 Å². The van der Waals surface area contributed by atoms with E-state index in [4.69, 9.17) is 9.47 Å². The van der Waals surface area contributed by atoms with Crippen LogP contribution in [0.1, 0.15) is 24.0 Å². The van der Waals surface area contributed by atoms with E-state index in [9.17, 15) is 4.79 Å². The van der Waals surface area contributed by atoms with Gasteiger partial charge in [-0.3, -0.25) is 9.69 Å². The molecule has 6 heteroatoms. The number of hydrogen-bond donors (Lipinski definition) is 1. The van der Waals surface area contributed by atoms with Crippen molar-refractivity contribution in [2.24, 2.45) is 0 Å². The highest BCUT2D eigenvalue weighted by Crippen LogP contribution is 2.29. The van der Waals surface area contributed by atoms with E-state index in [1.807, 2.05) is 30.5 Å². The van der Waals surface area contributed by atoms with Gasteiger partial charge < -0.3 is 19.4 Å². The summed E-state index contributed by atoms with van der Waals surface area (Å²) in [4.78, 5) is 20.7. The highest BCUT2D eigenvalue weighted by Gasteiger charge is 2.38. The number of nitrogens with zero attached hydrogens (tertiary/aromatic N) is 2. The van der Waals surface area contributed by atoms with E-state index < -0.39 is 0 Å². The van der Waals surface area contributed by atoms with Gasteiger partial charge in [0.15, 0.2) is 0 Å². The van der Waals surface area contributed by atoms with Crippen molar-refractivity contribution in [3.05, 3.63) is 65.9 Å². The van der Waals surface area contributed by atoms with Crippen LogP contribution in [-0.4, -0.2) is 59.6 Å². The zero-order chi connectivity index (χ0) is 21.2. The number of fused-ring (bicyclic) bond motifs is 2. The number of ether oxygens (including phenoxy) is 2. The Bertz CT molecular complexity index is 1060. The van der Waals surface area contributed by atoms with Crippen molar-refractivity contribution >= 4 is 16.8 Å². The number of H-pyrrole nitrogens is 1. The van der Waals surface area contributed by atoms with Gasteiger partial charge in [-0.2, -0.15) is 0 Å². The van der Waals surface area contributed by atoms with Crippen LogP contribution in [0.5, 0.6) is 5.75 Å². The summed E-state index contributed by atoms with van der Waals surface area (Å²) in [6, 6.07) is 16.6. The van der Waals surface area contributed by atoms with Crippen LogP contribution in [0.15, 0.2) is 54.7 Å². The fourth-order valence-electron chi connectivity index (χ4n) is 5.00. The molecule has 6 nitrogen and oxygen atoms in total. The number of methoxy groups -OCH3 is 1. The summed E-state index contributed by atoms with van der Waals surface area (Å²) in [7, 11) is 1.72. The number of aromatic amines is 1. The quantitative estimate of drug-likeness (QED) is 0.687. The third kappa shape index (κ3) is 4.05. The molecule has 2 aromatic carbocycles. The minimum absolute atomic E-state index is 0.0877. The Balaban J connectivity index is 1.32. The molecule has 3 heterocycles. The summed E-state index contributed by atoms with van der Waals surface area (Å²) in [5.74, 6) is 1.02. The van der Waals surface area contributed by atoms with Crippen LogP contribution < -0.4 is 4.74 Å². The summed E-state index contributed by atoms with van der Waals surface area (Å²) < 4.78 is 11.5. The monoisotopic (exact) mass is 419 g/mol. The Kier molecular flexibility index (Phi) is 5.66. The molecule has 162 valence electrons. The summed E-state index contributed by atoms with van der Waals surface area (Å²) in [6.07, 6.45) is 3.96. The van der Waals surface area contributed by atoms with Gasteiger partial charge in [0.25, 0.3) is 0 Å². The summed E-state index contributed by atoms with van der Waals surface area (Å²) in [5.41, 5.74) is 3.47. The van der Waals surface area contributed by atoms with Crippen molar-refractivity contribution in [3.8, 4) is 5.75 Å². The number of benzene rings is 2. The number of morpholine rings is 1. The molecule has 1 amide bonds. The zero-order valence-electron chi connectivity index (χ0n) is 17.9. The third-order valence-electron chi connectivity index (χ3n) is 6.64. The highest BCUT2D eigenvalue weighted by molar-refractivity contribution is 5.84. The number of hydrogen-bond acceptors (Lipinski definition) is 4. The van der Waals surface area contributed by atoms with Crippen molar-refractivity contribution < 1.29 is 14.3 Å². The molecular formula is C25H29N3O3. The smallest absolute Gasteiger partial charge is 0.249 e. The van der Waals surface area contributed by atoms with E-state index in [2.05, 4.69) is 39.0 Å². The Morgan fingerprint density at radius 2 is 1.84 bits per heavy atom. The number of amides is 1. The number of likely N-dealkylation sites (tertiary alicyclic amines) is 1. The molecule has 2 aliphatic heterocycles. The Morgan fingerprint density at radius 3 is 2.74 bits per heavy atom. The van der Waals surface area contributed by atoms with E-state index in [0.29, 0.717) is 6.54 Å². The van der Waals surface area contributed by atoms with Gasteiger partial charge in [0.2, 0.25) is 5.91 Å². The topological polar surface area (TPSA) is 57.8 Å². The molecule has 2 atom stereocenters. The average Bonchev–Trinajstić information content (AvgIpc) is 3.09. The average molecular weight is 420 g/mol. The summed E-state index contributed by atoms with van der Waals surface area (Å²) in [5, 5.41) is 1.18. The molecule has 2 fully saturated rings. The van der Waals surface area contributed by atoms with Crippen LogP contribution in [-0.2, 0) is 22.6 Å². The minimum atomic E-state index is 0.0877. The number of aromatic nitrogens is 1. The van der Waals surface area contributed by atoms with Gasteiger partial charge >= 0.3 is 0 Å². The number of carbonyl (C=O) groups excluding carboxylic acids is 1. The molecule has 0 bridgehead atoms. The zero-order valence-corrected chi connectivity index (χ0v) is 17.9. The van der Waals surface area contributed by atoms with Crippen LogP contribution in [0.2, 0.25) is 0 Å². The lowest BCUT2D eigenvalue weighted by Gasteiger charge is -2.40. The maximum atomic E-state index is 12.8. The molecule has 3 aromatic rings. The molecule has 5 rings (SSSR count). The molecule has 2 aliphatic rings. The first-order valence-electron chi connectivity index (χ1n) is 11.0. The molecule has 0 unspecified atom stereocenters. The lowest BCUT2D eigenvalue weighted by atomic mass is 10.0.